The van der Waals surface area contributed by atoms with E-state index in [1.807, 2.05) is 32.6 Å². The highest BCUT2D eigenvalue weighted by molar-refractivity contribution is 5.92. The van der Waals surface area contributed by atoms with Crippen molar-refractivity contribution in [3.8, 4) is 5.75 Å². The Balaban J connectivity index is 2.16. The lowest BCUT2D eigenvalue weighted by Crippen LogP contribution is -2.59. The molecule has 1 aromatic carbocycles. The van der Waals surface area contributed by atoms with E-state index in [4.69, 9.17) is 9.47 Å². The van der Waals surface area contributed by atoms with E-state index in [2.05, 4.69) is 43.6 Å². The van der Waals surface area contributed by atoms with Crippen LogP contribution in [0, 0.1) is 11.3 Å². The molecule has 0 aromatic heterocycles. The van der Waals surface area contributed by atoms with E-state index in [9.17, 15) is 19.2 Å². The lowest BCUT2D eigenvalue weighted by molar-refractivity contribution is -0.136. The van der Waals surface area contributed by atoms with Gasteiger partial charge >= 0.3 is 5.97 Å². The summed E-state index contributed by atoms with van der Waals surface area (Å²) in [5, 5.41) is 9.04. The minimum atomic E-state index is -0.879. The summed E-state index contributed by atoms with van der Waals surface area (Å²) in [4.78, 5) is 54.6. The lowest BCUT2D eigenvalue weighted by atomic mass is 9.81. The Bertz CT molecular complexity index is 1090. The fourth-order valence-electron chi connectivity index (χ4n) is 5.78. The van der Waals surface area contributed by atoms with E-state index in [0.717, 1.165) is 31.2 Å². The third-order valence-electron chi connectivity index (χ3n) is 7.94. The van der Waals surface area contributed by atoms with E-state index in [1.54, 1.807) is 24.3 Å². The number of hydrogen-bond donors (Lipinski definition) is 3. The van der Waals surface area contributed by atoms with Crippen LogP contribution < -0.4 is 20.7 Å². The van der Waals surface area contributed by atoms with Crippen molar-refractivity contribution in [2.75, 3.05) is 32.8 Å². The van der Waals surface area contributed by atoms with Crippen molar-refractivity contribution in [1.82, 2.24) is 20.9 Å². The molecule has 1 aromatic rings. The smallest absolute Gasteiger partial charge is 0.325 e. The Hall–Kier alpha value is -2.98. The highest BCUT2D eigenvalue weighted by atomic mass is 16.5. The zero-order valence-corrected chi connectivity index (χ0v) is 28.9. The van der Waals surface area contributed by atoms with Crippen LogP contribution in [-0.4, -0.2) is 79.1 Å². The lowest BCUT2D eigenvalue weighted by Gasteiger charge is -2.36. The van der Waals surface area contributed by atoms with Gasteiger partial charge in [0.15, 0.2) is 0 Å². The van der Waals surface area contributed by atoms with Crippen molar-refractivity contribution in [2.24, 2.45) is 11.3 Å². The molecule has 1 saturated heterocycles. The molecular formula is C35H58N4O6. The number of amides is 3. The van der Waals surface area contributed by atoms with Gasteiger partial charge in [-0.25, -0.2) is 0 Å². The van der Waals surface area contributed by atoms with Gasteiger partial charge in [-0.15, -0.1) is 0 Å². The molecule has 3 unspecified atom stereocenters. The molecule has 1 heterocycles. The number of unbranched alkanes of at least 4 members (excludes halogenated alkanes) is 2. The van der Waals surface area contributed by atoms with E-state index in [1.165, 1.54) is 0 Å². The second-order valence-corrected chi connectivity index (χ2v) is 14.3. The maximum absolute atomic E-state index is 13.8. The summed E-state index contributed by atoms with van der Waals surface area (Å²) >= 11 is 0. The Morgan fingerprint density at radius 3 is 2.16 bits per heavy atom. The van der Waals surface area contributed by atoms with Crippen LogP contribution in [-0.2, 0) is 30.3 Å². The summed E-state index contributed by atoms with van der Waals surface area (Å²) in [6.45, 7) is 19.1. The first-order valence-electron chi connectivity index (χ1n) is 16.6. The van der Waals surface area contributed by atoms with Gasteiger partial charge in [-0.1, -0.05) is 72.9 Å². The van der Waals surface area contributed by atoms with Gasteiger partial charge in [0.1, 0.15) is 17.8 Å². The van der Waals surface area contributed by atoms with Crippen LogP contribution in [0.3, 0.4) is 0 Å². The molecule has 10 heteroatoms. The summed E-state index contributed by atoms with van der Waals surface area (Å²) in [6, 6.07) is 5.32. The highest BCUT2D eigenvalue weighted by Gasteiger charge is 2.34. The maximum Gasteiger partial charge on any atom is 0.325 e. The van der Waals surface area contributed by atoms with Crippen molar-refractivity contribution in [1.29, 1.82) is 0 Å². The largest absolute Gasteiger partial charge is 0.426 e. The molecule has 3 atom stereocenters. The van der Waals surface area contributed by atoms with E-state index >= 15 is 0 Å². The number of ether oxygens (including phenoxy) is 2. The molecule has 3 N–H and O–H groups in total. The first kappa shape index (κ1) is 38.2. The average molecular weight is 631 g/mol. The number of carbonyl (C=O) groups excluding carboxylic acids is 4. The number of nitrogens with one attached hydrogen (secondary N) is 3. The zero-order chi connectivity index (χ0) is 33.6. The number of benzene rings is 1. The SMILES string of the molecule is CCCCCC(=O)NC(Cc1ccc(OC(=O)CN2CCOCC2)cc1)C(=O)NC(C(=O)NC(C)(C)CC(C)(C)C)C(C)CC. The number of hydrogen-bond acceptors (Lipinski definition) is 7. The van der Waals surface area contributed by atoms with Gasteiger partial charge in [0, 0.05) is 31.5 Å². The number of rotatable bonds is 17. The van der Waals surface area contributed by atoms with Crippen LogP contribution in [0.25, 0.3) is 0 Å². The Labute approximate surface area is 270 Å². The predicted molar refractivity (Wildman–Crippen MR) is 177 cm³/mol. The van der Waals surface area contributed by atoms with Crippen molar-refractivity contribution in [2.45, 2.75) is 118 Å². The Kier molecular flexibility index (Phi) is 15.5. The van der Waals surface area contributed by atoms with Crippen LogP contribution in [0.15, 0.2) is 24.3 Å². The fourth-order valence-corrected chi connectivity index (χ4v) is 5.78. The van der Waals surface area contributed by atoms with Crippen LogP contribution in [0.5, 0.6) is 5.75 Å². The predicted octanol–water partition coefficient (Wildman–Crippen LogP) is 4.39. The minimum absolute atomic E-state index is 0.00959. The summed E-state index contributed by atoms with van der Waals surface area (Å²) in [5.41, 5.74) is 0.328. The number of nitrogens with zero attached hydrogens (tertiary/aromatic N) is 1. The van der Waals surface area contributed by atoms with E-state index < -0.39 is 23.5 Å². The van der Waals surface area contributed by atoms with Gasteiger partial charge in [0.2, 0.25) is 17.7 Å². The molecule has 0 spiro atoms. The molecule has 254 valence electrons. The number of carbonyl (C=O) groups is 4. The van der Waals surface area contributed by atoms with Crippen LogP contribution in [0.1, 0.15) is 99.5 Å². The first-order valence-corrected chi connectivity index (χ1v) is 16.6. The van der Waals surface area contributed by atoms with E-state index in [0.29, 0.717) is 44.9 Å². The normalized spacial score (nSPS) is 16.3. The Morgan fingerprint density at radius 2 is 1.58 bits per heavy atom. The van der Waals surface area contributed by atoms with Gasteiger partial charge in [-0.3, -0.25) is 24.1 Å². The standard InChI is InChI=1S/C35H58N4O6/c1-9-11-12-13-29(40)36-28(22-26-14-16-27(17-15-26)45-30(41)23-39-18-20-44-21-19-39)32(42)37-31(25(3)10-2)33(43)38-35(7,8)24-34(4,5)6/h14-17,25,28,31H,9-13,18-24H2,1-8H3,(H,36,40)(H,37,42)(H,38,43). The molecule has 3 amide bonds. The second kappa shape index (κ2) is 18.2. The molecule has 2 rings (SSSR count). The van der Waals surface area contributed by atoms with Gasteiger partial charge in [-0.2, -0.15) is 0 Å². The molecule has 0 bridgehead atoms. The molecule has 10 nitrogen and oxygen atoms in total. The number of esters is 1. The summed E-state index contributed by atoms with van der Waals surface area (Å²) < 4.78 is 10.8. The maximum atomic E-state index is 13.8. The van der Waals surface area contributed by atoms with Crippen molar-refractivity contribution < 1.29 is 28.7 Å². The highest BCUT2D eigenvalue weighted by Crippen LogP contribution is 2.27. The van der Waals surface area contributed by atoms with Gasteiger partial charge in [0.05, 0.1) is 19.8 Å². The summed E-state index contributed by atoms with van der Waals surface area (Å²) in [7, 11) is 0. The molecule has 1 aliphatic rings. The van der Waals surface area contributed by atoms with Crippen molar-refractivity contribution in [3.63, 3.8) is 0 Å². The third-order valence-corrected chi connectivity index (χ3v) is 7.94. The first-order chi connectivity index (χ1) is 21.1. The van der Waals surface area contributed by atoms with Gasteiger partial charge < -0.3 is 25.4 Å². The zero-order valence-electron chi connectivity index (χ0n) is 28.9. The van der Waals surface area contributed by atoms with Crippen LogP contribution in [0.2, 0.25) is 0 Å². The molecule has 0 radical (unpaired) electrons. The van der Waals surface area contributed by atoms with Crippen LogP contribution >= 0.6 is 0 Å². The third kappa shape index (κ3) is 14.8. The average Bonchev–Trinajstić information content (AvgIpc) is 2.95. The fraction of sp³-hybridized carbons (Fsp3) is 0.714. The molecule has 1 aliphatic heterocycles. The Morgan fingerprint density at radius 1 is 0.933 bits per heavy atom. The van der Waals surface area contributed by atoms with E-state index in [-0.39, 0.29) is 42.1 Å². The topological polar surface area (TPSA) is 126 Å². The second-order valence-electron chi connectivity index (χ2n) is 14.3. The molecule has 45 heavy (non-hydrogen) atoms. The quantitative estimate of drug-likeness (QED) is 0.132. The van der Waals surface area contributed by atoms with Crippen molar-refractivity contribution >= 4 is 23.7 Å². The summed E-state index contributed by atoms with van der Waals surface area (Å²) in [5.74, 6) is -0.897. The summed E-state index contributed by atoms with van der Waals surface area (Å²) in [6.07, 6.45) is 4.65. The number of morpholine rings is 1. The van der Waals surface area contributed by atoms with Crippen LogP contribution in [0.4, 0.5) is 0 Å². The van der Waals surface area contributed by atoms with Crippen molar-refractivity contribution in [3.05, 3.63) is 29.8 Å². The minimum Gasteiger partial charge on any atom is -0.426 e. The molecule has 1 fully saturated rings. The van der Waals surface area contributed by atoms with Gasteiger partial charge in [0.25, 0.3) is 0 Å². The molecule has 0 saturated carbocycles. The molecular weight excluding hydrogens is 572 g/mol. The molecule has 0 aliphatic carbocycles. The van der Waals surface area contributed by atoms with Gasteiger partial charge in [-0.05, 0) is 55.7 Å². The monoisotopic (exact) mass is 630 g/mol.